The number of hydrogen-bond donors (Lipinski definition) is 2. The highest BCUT2D eigenvalue weighted by molar-refractivity contribution is 5.95. The van der Waals surface area contributed by atoms with Gasteiger partial charge in [0.2, 0.25) is 5.91 Å². The number of likely N-dealkylation sites (tertiary alicyclic amines) is 2. The van der Waals surface area contributed by atoms with Gasteiger partial charge in [0, 0.05) is 43.4 Å². The Morgan fingerprint density at radius 3 is 2.77 bits per heavy atom. The highest BCUT2D eigenvalue weighted by atomic mass is 16.2. The molecule has 2 saturated heterocycles. The molecule has 2 aliphatic rings. The molecule has 0 spiro atoms. The van der Waals surface area contributed by atoms with Gasteiger partial charge in [-0.1, -0.05) is 0 Å². The number of aromatic nitrogens is 3. The Kier molecular flexibility index (Phi) is 3.34. The van der Waals surface area contributed by atoms with Crippen molar-refractivity contribution in [1.29, 1.82) is 0 Å². The van der Waals surface area contributed by atoms with Crippen molar-refractivity contribution in [3.63, 3.8) is 0 Å². The van der Waals surface area contributed by atoms with Gasteiger partial charge < -0.3 is 19.8 Å². The number of H-pyrrole nitrogens is 2. The first-order valence-corrected chi connectivity index (χ1v) is 8.85. The van der Waals surface area contributed by atoms with Crippen LogP contribution in [0.5, 0.6) is 0 Å². The van der Waals surface area contributed by atoms with E-state index in [0.29, 0.717) is 25.1 Å². The molecule has 7 heteroatoms. The predicted molar refractivity (Wildman–Crippen MR) is 95.5 cm³/mol. The second-order valence-electron chi connectivity index (χ2n) is 7.04. The molecule has 2 atom stereocenters. The molecule has 26 heavy (non-hydrogen) atoms. The summed E-state index contributed by atoms with van der Waals surface area (Å²) in [5.74, 6) is 0.157. The van der Waals surface area contributed by atoms with Crippen molar-refractivity contribution in [3.8, 4) is 0 Å². The Morgan fingerprint density at radius 2 is 2.00 bits per heavy atom. The molecule has 2 amide bonds. The Bertz CT molecular complexity index is 977. The smallest absolute Gasteiger partial charge is 0.255 e. The van der Waals surface area contributed by atoms with Crippen LogP contribution in [0.4, 0.5) is 0 Å². The van der Waals surface area contributed by atoms with Crippen molar-refractivity contribution < 1.29 is 9.59 Å². The van der Waals surface area contributed by atoms with Gasteiger partial charge in [-0.25, -0.2) is 0 Å². The number of carbonyl (C=O) groups is 2. The third-order valence-corrected chi connectivity index (χ3v) is 5.52. The molecule has 2 bridgehead atoms. The number of pyridine rings is 1. The maximum Gasteiger partial charge on any atom is 0.255 e. The van der Waals surface area contributed by atoms with Gasteiger partial charge >= 0.3 is 0 Å². The summed E-state index contributed by atoms with van der Waals surface area (Å²) in [6.07, 6.45) is 8.30. The van der Waals surface area contributed by atoms with Crippen molar-refractivity contribution >= 4 is 22.8 Å². The van der Waals surface area contributed by atoms with Crippen molar-refractivity contribution in [2.45, 2.75) is 24.9 Å². The lowest BCUT2D eigenvalue weighted by Gasteiger charge is -2.34. The molecule has 5 heterocycles. The van der Waals surface area contributed by atoms with E-state index in [0.717, 1.165) is 23.0 Å². The molecule has 2 N–H and O–H groups in total. The first kappa shape index (κ1) is 15.2. The lowest BCUT2D eigenvalue weighted by atomic mass is 10.1. The van der Waals surface area contributed by atoms with Crippen LogP contribution in [0.3, 0.4) is 0 Å². The van der Waals surface area contributed by atoms with Crippen LogP contribution in [-0.2, 0) is 11.2 Å². The van der Waals surface area contributed by atoms with E-state index in [-0.39, 0.29) is 23.9 Å². The fourth-order valence-corrected chi connectivity index (χ4v) is 4.25. The molecule has 132 valence electrons. The van der Waals surface area contributed by atoms with E-state index in [1.807, 2.05) is 28.1 Å². The maximum absolute atomic E-state index is 12.8. The van der Waals surface area contributed by atoms with Crippen molar-refractivity contribution in [3.05, 3.63) is 54.1 Å². The summed E-state index contributed by atoms with van der Waals surface area (Å²) in [7, 11) is 0. The second-order valence-corrected chi connectivity index (χ2v) is 7.04. The molecule has 2 aliphatic heterocycles. The fourth-order valence-electron chi connectivity index (χ4n) is 4.25. The summed E-state index contributed by atoms with van der Waals surface area (Å²) >= 11 is 0. The van der Waals surface area contributed by atoms with Crippen LogP contribution in [0.15, 0.2) is 43.0 Å². The van der Waals surface area contributed by atoms with Crippen LogP contribution in [0.2, 0.25) is 0 Å². The Balaban J connectivity index is 1.28. The van der Waals surface area contributed by atoms with Gasteiger partial charge in [0.15, 0.2) is 0 Å². The minimum atomic E-state index is 0.0478. The maximum atomic E-state index is 12.8. The molecule has 3 aromatic heterocycles. The normalized spacial score (nSPS) is 21.7. The average Bonchev–Trinajstić information content (AvgIpc) is 3.44. The van der Waals surface area contributed by atoms with E-state index >= 15 is 0 Å². The zero-order chi connectivity index (χ0) is 17.7. The van der Waals surface area contributed by atoms with Gasteiger partial charge in [-0.3, -0.25) is 14.6 Å². The van der Waals surface area contributed by atoms with E-state index in [9.17, 15) is 9.59 Å². The van der Waals surface area contributed by atoms with Crippen LogP contribution < -0.4 is 0 Å². The number of rotatable bonds is 3. The van der Waals surface area contributed by atoms with Crippen LogP contribution in [0.25, 0.3) is 11.0 Å². The van der Waals surface area contributed by atoms with Gasteiger partial charge in [0.05, 0.1) is 35.1 Å². The predicted octanol–water partition coefficient (Wildman–Crippen LogP) is 1.56. The number of hydrogen-bond acceptors (Lipinski definition) is 3. The Hall–Kier alpha value is -3.09. The lowest BCUT2D eigenvalue weighted by molar-refractivity contribution is -0.132. The van der Waals surface area contributed by atoms with E-state index in [1.54, 1.807) is 24.7 Å². The highest BCUT2D eigenvalue weighted by Crippen LogP contribution is 2.32. The molecule has 5 rings (SSSR count). The van der Waals surface area contributed by atoms with E-state index < -0.39 is 0 Å². The van der Waals surface area contributed by atoms with Gasteiger partial charge in [0.1, 0.15) is 0 Å². The van der Waals surface area contributed by atoms with Gasteiger partial charge in [-0.05, 0) is 24.6 Å². The molecule has 7 nitrogen and oxygen atoms in total. The SMILES string of the molecule is O=C(Cc1c[nH]c2cccnc12)N1C[C@@H]2C[C@H]1CN2C(=O)c1cc[nH]c1. The molecule has 0 aliphatic carbocycles. The Labute approximate surface area is 150 Å². The van der Waals surface area contributed by atoms with Gasteiger partial charge in [-0.15, -0.1) is 0 Å². The average molecular weight is 349 g/mol. The topological polar surface area (TPSA) is 85.1 Å². The monoisotopic (exact) mass is 349 g/mol. The number of piperazine rings is 1. The fraction of sp³-hybridized carbons (Fsp3) is 0.316. The standard InChI is InChI=1S/C19H19N5O2/c25-17(6-13-9-22-16-2-1-4-21-18(13)16)23-10-15-7-14(23)11-24(15)19(26)12-3-5-20-8-12/h1-5,8-9,14-15,20,22H,6-7,10-11H2/t14-,15-/m0/s1. The second kappa shape index (κ2) is 5.72. The van der Waals surface area contributed by atoms with Crippen molar-refractivity contribution in [1.82, 2.24) is 24.8 Å². The highest BCUT2D eigenvalue weighted by Gasteiger charge is 2.47. The van der Waals surface area contributed by atoms with Crippen LogP contribution in [-0.4, -0.2) is 61.7 Å². The summed E-state index contributed by atoms with van der Waals surface area (Å²) in [5, 5.41) is 0. The summed E-state index contributed by atoms with van der Waals surface area (Å²) in [6, 6.07) is 5.86. The van der Waals surface area contributed by atoms with Crippen LogP contribution in [0.1, 0.15) is 22.3 Å². The minimum absolute atomic E-state index is 0.0478. The molecule has 2 fully saturated rings. The zero-order valence-corrected chi connectivity index (χ0v) is 14.2. The summed E-state index contributed by atoms with van der Waals surface area (Å²) in [5.41, 5.74) is 3.41. The number of nitrogens with one attached hydrogen (secondary N) is 2. The molecule has 0 saturated carbocycles. The van der Waals surface area contributed by atoms with E-state index in [1.165, 1.54) is 0 Å². The zero-order valence-electron chi connectivity index (χ0n) is 14.2. The molecular weight excluding hydrogens is 330 g/mol. The van der Waals surface area contributed by atoms with Crippen LogP contribution >= 0.6 is 0 Å². The third kappa shape index (κ3) is 2.31. The quantitative estimate of drug-likeness (QED) is 0.752. The lowest BCUT2D eigenvalue weighted by Crippen LogP contribution is -2.51. The van der Waals surface area contributed by atoms with E-state index in [4.69, 9.17) is 0 Å². The first-order chi connectivity index (χ1) is 12.7. The number of nitrogens with zero attached hydrogens (tertiary/aromatic N) is 3. The third-order valence-electron chi connectivity index (χ3n) is 5.52. The van der Waals surface area contributed by atoms with Crippen molar-refractivity contribution in [2.75, 3.05) is 13.1 Å². The number of amides is 2. The summed E-state index contributed by atoms with van der Waals surface area (Å²) in [4.78, 5) is 39.7. The van der Waals surface area contributed by atoms with Crippen molar-refractivity contribution in [2.24, 2.45) is 0 Å². The van der Waals surface area contributed by atoms with Crippen LogP contribution in [0, 0.1) is 0 Å². The van der Waals surface area contributed by atoms with Gasteiger partial charge in [0.25, 0.3) is 5.91 Å². The summed E-state index contributed by atoms with van der Waals surface area (Å²) in [6.45, 7) is 1.24. The van der Waals surface area contributed by atoms with Gasteiger partial charge in [-0.2, -0.15) is 0 Å². The molecule has 0 unspecified atom stereocenters. The number of fused-ring (bicyclic) bond motifs is 3. The number of aromatic amines is 2. The molecule has 0 aromatic carbocycles. The molecule has 0 radical (unpaired) electrons. The minimum Gasteiger partial charge on any atom is -0.367 e. The summed E-state index contributed by atoms with van der Waals surface area (Å²) < 4.78 is 0. The number of carbonyl (C=O) groups excluding carboxylic acids is 2. The largest absolute Gasteiger partial charge is 0.367 e. The molecular formula is C19H19N5O2. The Morgan fingerprint density at radius 1 is 1.15 bits per heavy atom. The van der Waals surface area contributed by atoms with E-state index in [2.05, 4.69) is 15.0 Å². The first-order valence-electron chi connectivity index (χ1n) is 8.85. The molecule has 3 aromatic rings.